The summed E-state index contributed by atoms with van der Waals surface area (Å²) >= 11 is 11.9. The predicted octanol–water partition coefficient (Wildman–Crippen LogP) is 2.11. The Bertz CT molecular complexity index is 595. The zero-order chi connectivity index (χ0) is 17.5. The second kappa shape index (κ2) is 10.8. The molecular weight excluding hydrogens is 387 g/mol. The van der Waals surface area contributed by atoms with E-state index in [0.717, 1.165) is 26.2 Å². The molecule has 9 heteroatoms. The van der Waals surface area contributed by atoms with Crippen molar-refractivity contribution in [2.45, 2.75) is 6.42 Å². The molecule has 1 aliphatic heterocycles. The van der Waals surface area contributed by atoms with Crippen LogP contribution >= 0.6 is 35.6 Å². The van der Waals surface area contributed by atoms with Gasteiger partial charge in [0.1, 0.15) is 0 Å². The highest BCUT2D eigenvalue weighted by atomic mass is 35.5. The maximum absolute atomic E-state index is 12.2. The molecule has 2 amide bonds. The number of nitrogens with zero attached hydrogens (tertiary/aromatic N) is 2. The number of carbonyl (C=O) groups excluding carboxylic acids is 2. The third-order valence-electron chi connectivity index (χ3n) is 3.80. The van der Waals surface area contributed by atoms with E-state index in [1.165, 1.54) is 0 Å². The second-order valence-electron chi connectivity index (χ2n) is 5.79. The van der Waals surface area contributed by atoms with Crippen LogP contribution in [0.25, 0.3) is 0 Å². The quantitative estimate of drug-likeness (QED) is 0.755. The van der Waals surface area contributed by atoms with Gasteiger partial charge in [0.2, 0.25) is 11.8 Å². The number of halogens is 3. The maximum atomic E-state index is 12.2. The summed E-state index contributed by atoms with van der Waals surface area (Å²) in [6, 6.07) is 4.91. The summed E-state index contributed by atoms with van der Waals surface area (Å²) in [5.74, 6) is -0.0714. The largest absolute Gasteiger partial charge is 0.339 e. The molecule has 0 bridgehead atoms. The summed E-state index contributed by atoms with van der Waals surface area (Å²) < 4.78 is 0. The van der Waals surface area contributed by atoms with Gasteiger partial charge in [-0.3, -0.25) is 14.5 Å². The molecule has 0 aliphatic carbocycles. The molecule has 6 nitrogen and oxygen atoms in total. The van der Waals surface area contributed by atoms with E-state index in [2.05, 4.69) is 10.6 Å². The number of rotatable bonds is 6. The molecule has 0 unspecified atom stereocenters. The van der Waals surface area contributed by atoms with Gasteiger partial charge in [-0.2, -0.15) is 0 Å². The summed E-state index contributed by atoms with van der Waals surface area (Å²) in [5.41, 5.74) is 0.494. The van der Waals surface area contributed by atoms with Gasteiger partial charge in [-0.15, -0.1) is 12.4 Å². The minimum Gasteiger partial charge on any atom is -0.339 e. The van der Waals surface area contributed by atoms with Gasteiger partial charge in [0.15, 0.2) is 0 Å². The highest BCUT2D eigenvalue weighted by Gasteiger charge is 2.18. The van der Waals surface area contributed by atoms with Gasteiger partial charge in [0.25, 0.3) is 0 Å². The molecule has 140 valence electrons. The van der Waals surface area contributed by atoms with E-state index in [1.54, 1.807) is 18.2 Å². The van der Waals surface area contributed by atoms with E-state index >= 15 is 0 Å². The van der Waals surface area contributed by atoms with Crippen molar-refractivity contribution in [2.75, 3.05) is 51.6 Å². The lowest BCUT2D eigenvalue weighted by Crippen LogP contribution is -2.49. The molecular formula is C16H23Cl3N4O2. The molecule has 0 saturated carbocycles. The number of nitrogens with one attached hydrogen (secondary N) is 2. The number of hydrogen-bond donors (Lipinski definition) is 2. The Balaban J connectivity index is 0.00000312. The topological polar surface area (TPSA) is 64.7 Å². The van der Waals surface area contributed by atoms with E-state index in [9.17, 15) is 9.59 Å². The highest BCUT2D eigenvalue weighted by Crippen LogP contribution is 2.25. The van der Waals surface area contributed by atoms with Gasteiger partial charge < -0.3 is 15.5 Å². The average molecular weight is 410 g/mol. The van der Waals surface area contributed by atoms with Gasteiger partial charge in [0.05, 0.1) is 17.3 Å². The molecule has 1 aromatic carbocycles. The fourth-order valence-corrected chi connectivity index (χ4v) is 2.76. The molecule has 1 fully saturated rings. The van der Waals surface area contributed by atoms with Crippen LogP contribution in [0.4, 0.5) is 5.69 Å². The van der Waals surface area contributed by atoms with E-state index < -0.39 is 0 Å². The summed E-state index contributed by atoms with van der Waals surface area (Å²) in [5, 5.41) is 6.90. The predicted molar refractivity (Wildman–Crippen MR) is 104 cm³/mol. The van der Waals surface area contributed by atoms with Crippen molar-refractivity contribution in [3.05, 3.63) is 28.2 Å². The SMILES string of the molecule is CN(CCC(=O)Nc1cc(Cl)ccc1Cl)CC(=O)N1CCNCC1.Cl. The molecule has 0 spiro atoms. The number of benzene rings is 1. The van der Waals surface area contributed by atoms with Crippen LogP contribution in [0.15, 0.2) is 18.2 Å². The standard InChI is InChI=1S/C16H22Cl2N4O2.ClH/c1-21(11-16(24)22-8-5-19-6-9-22)7-4-15(23)20-14-10-12(17)2-3-13(14)18;/h2-3,10,19H,4-9,11H2,1H3,(H,20,23);1H. The van der Waals surface area contributed by atoms with Gasteiger partial charge in [-0.1, -0.05) is 23.2 Å². The smallest absolute Gasteiger partial charge is 0.236 e. The number of hydrogen-bond acceptors (Lipinski definition) is 4. The third kappa shape index (κ3) is 7.38. The Labute approximate surface area is 164 Å². The van der Waals surface area contributed by atoms with Gasteiger partial charge >= 0.3 is 0 Å². The fourth-order valence-electron chi connectivity index (χ4n) is 2.42. The van der Waals surface area contributed by atoms with E-state index in [1.807, 2.05) is 16.8 Å². The number of likely N-dealkylation sites (N-methyl/N-ethyl adjacent to an activating group) is 1. The number of anilines is 1. The van der Waals surface area contributed by atoms with Gasteiger partial charge in [-0.25, -0.2) is 0 Å². The molecule has 0 atom stereocenters. The summed E-state index contributed by atoms with van der Waals surface area (Å²) in [6.07, 6.45) is 0.272. The summed E-state index contributed by atoms with van der Waals surface area (Å²) in [6.45, 7) is 3.93. The van der Waals surface area contributed by atoms with Crippen molar-refractivity contribution in [2.24, 2.45) is 0 Å². The first-order chi connectivity index (χ1) is 11.5. The number of amides is 2. The van der Waals surface area contributed by atoms with Crippen LogP contribution in [0.2, 0.25) is 10.0 Å². The zero-order valence-electron chi connectivity index (χ0n) is 14.1. The zero-order valence-corrected chi connectivity index (χ0v) is 16.4. The molecule has 2 rings (SSSR count). The minimum absolute atomic E-state index is 0. The Morgan fingerprint density at radius 3 is 2.64 bits per heavy atom. The first kappa shape index (κ1) is 22.0. The van der Waals surface area contributed by atoms with Crippen LogP contribution in [0, 0.1) is 0 Å². The Morgan fingerprint density at radius 2 is 1.96 bits per heavy atom. The lowest BCUT2D eigenvalue weighted by Gasteiger charge is -2.29. The lowest BCUT2D eigenvalue weighted by atomic mass is 10.3. The third-order valence-corrected chi connectivity index (χ3v) is 4.36. The molecule has 1 aliphatic rings. The van der Waals surface area contributed by atoms with Crippen molar-refractivity contribution in [3.63, 3.8) is 0 Å². The highest BCUT2D eigenvalue weighted by molar-refractivity contribution is 6.35. The molecule has 1 saturated heterocycles. The first-order valence-electron chi connectivity index (χ1n) is 7.87. The molecule has 0 radical (unpaired) electrons. The maximum Gasteiger partial charge on any atom is 0.236 e. The summed E-state index contributed by atoms with van der Waals surface area (Å²) in [4.78, 5) is 27.9. The van der Waals surface area contributed by atoms with Crippen molar-refractivity contribution < 1.29 is 9.59 Å². The first-order valence-corrected chi connectivity index (χ1v) is 8.63. The van der Waals surface area contributed by atoms with Crippen LogP contribution in [0.5, 0.6) is 0 Å². The average Bonchev–Trinajstić information content (AvgIpc) is 2.57. The van der Waals surface area contributed by atoms with Gasteiger partial charge in [0, 0.05) is 44.2 Å². The number of carbonyl (C=O) groups is 2. The monoisotopic (exact) mass is 408 g/mol. The molecule has 2 N–H and O–H groups in total. The molecule has 25 heavy (non-hydrogen) atoms. The lowest BCUT2D eigenvalue weighted by molar-refractivity contribution is -0.133. The molecule has 0 aromatic heterocycles. The van der Waals surface area contributed by atoms with Crippen molar-refractivity contribution in [1.82, 2.24) is 15.1 Å². The van der Waals surface area contributed by atoms with Crippen LogP contribution in [-0.2, 0) is 9.59 Å². The van der Waals surface area contributed by atoms with Crippen LogP contribution in [0.3, 0.4) is 0 Å². The Morgan fingerprint density at radius 1 is 1.28 bits per heavy atom. The normalized spacial score (nSPS) is 14.2. The minimum atomic E-state index is -0.166. The second-order valence-corrected chi connectivity index (χ2v) is 6.63. The van der Waals surface area contributed by atoms with Crippen LogP contribution < -0.4 is 10.6 Å². The van der Waals surface area contributed by atoms with Crippen molar-refractivity contribution >= 4 is 53.1 Å². The fraction of sp³-hybridized carbons (Fsp3) is 0.500. The Hall–Kier alpha value is -1.05. The van der Waals surface area contributed by atoms with E-state index in [4.69, 9.17) is 23.2 Å². The number of piperazine rings is 1. The van der Waals surface area contributed by atoms with Crippen LogP contribution in [0.1, 0.15) is 6.42 Å². The summed E-state index contributed by atoms with van der Waals surface area (Å²) in [7, 11) is 1.83. The van der Waals surface area contributed by atoms with E-state index in [-0.39, 0.29) is 30.6 Å². The van der Waals surface area contributed by atoms with Crippen LogP contribution in [-0.4, -0.2) is 67.9 Å². The van der Waals surface area contributed by atoms with Gasteiger partial charge in [-0.05, 0) is 25.2 Å². The van der Waals surface area contributed by atoms with Crippen molar-refractivity contribution in [1.29, 1.82) is 0 Å². The van der Waals surface area contributed by atoms with E-state index in [0.29, 0.717) is 28.8 Å². The van der Waals surface area contributed by atoms with Crippen molar-refractivity contribution in [3.8, 4) is 0 Å². The molecule has 1 heterocycles. The molecule has 1 aromatic rings. The Kier molecular flexibility index (Phi) is 9.53.